The molecule has 0 radical (unpaired) electrons. The van der Waals surface area contributed by atoms with E-state index in [1.807, 2.05) is 0 Å². The Bertz CT molecular complexity index is 1930. The highest BCUT2D eigenvalue weighted by molar-refractivity contribution is 7.47. The van der Waals surface area contributed by atoms with Crippen LogP contribution in [0.15, 0.2) is 0 Å². The monoisotopic (exact) mass is 1450 g/mol. The predicted molar refractivity (Wildman–Crippen MR) is 405 cm³/mol. The molecule has 3 N–H and O–H groups in total. The molecule has 19 heteroatoms. The fourth-order valence-electron chi connectivity index (χ4n) is 12.2. The smallest absolute Gasteiger partial charge is 0.462 e. The summed E-state index contributed by atoms with van der Waals surface area (Å²) in [5.74, 6) is 0.336. The van der Waals surface area contributed by atoms with E-state index in [1.165, 1.54) is 225 Å². The third-order valence-electron chi connectivity index (χ3n) is 19.7. The quantitative estimate of drug-likeness (QED) is 0.0222. The average Bonchev–Trinajstić information content (AvgIpc) is 1.01. The largest absolute Gasteiger partial charge is 0.472 e. The van der Waals surface area contributed by atoms with Crippen LogP contribution in [0, 0.1) is 17.8 Å². The molecular formula is C80H156O17P2. The van der Waals surface area contributed by atoms with Crippen LogP contribution in [-0.2, 0) is 65.4 Å². The molecule has 0 saturated carbocycles. The number of phosphoric acid groups is 2. The summed E-state index contributed by atoms with van der Waals surface area (Å²) in [6, 6.07) is 0. The summed E-state index contributed by atoms with van der Waals surface area (Å²) in [7, 11) is -9.92. The number of rotatable bonds is 78. The van der Waals surface area contributed by atoms with Gasteiger partial charge in [0.25, 0.3) is 0 Å². The molecule has 0 aliphatic rings. The van der Waals surface area contributed by atoms with Crippen molar-refractivity contribution in [3.05, 3.63) is 0 Å². The van der Waals surface area contributed by atoms with Gasteiger partial charge in [-0.25, -0.2) is 9.13 Å². The number of unbranched alkanes of at least 4 members (excludes halogenated alkanes) is 43. The van der Waals surface area contributed by atoms with E-state index < -0.39 is 97.5 Å². The van der Waals surface area contributed by atoms with Gasteiger partial charge < -0.3 is 33.8 Å². The highest BCUT2D eigenvalue weighted by Gasteiger charge is 2.30. The van der Waals surface area contributed by atoms with Crippen molar-refractivity contribution in [3.63, 3.8) is 0 Å². The van der Waals surface area contributed by atoms with Gasteiger partial charge in [0.1, 0.15) is 19.3 Å². The molecular weight excluding hydrogens is 1290 g/mol. The zero-order valence-corrected chi connectivity index (χ0v) is 66.8. The summed E-state index contributed by atoms with van der Waals surface area (Å²) in [6.45, 7) is 12.0. The maximum Gasteiger partial charge on any atom is 0.472 e. The Labute approximate surface area is 607 Å². The summed E-state index contributed by atoms with van der Waals surface area (Å²) >= 11 is 0. The Balaban J connectivity index is 5.22. The van der Waals surface area contributed by atoms with Gasteiger partial charge in [-0.05, 0) is 43.4 Å². The fourth-order valence-corrected chi connectivity index (χ4v) is 13.8. The molecule has 0 amide bonds. The minimum atomic E-state index is -4.96. The van der Waals surface area contributed by atoms with Gasteiger partial charge in [-0.3, -0.25) is 37.3 Å². The topological polar surface area (TPSA) is 237 Å². The van der Waals surface area contributed by atoms with Crippen LogP contribution in [0.2, 0.25) is 0 Å². The Morgan fingerprint density at radius 1 is 0.283 bits per heavy atom. The zero-order chi connectivity index (χ0) is 73.0. The Kier molecular flexibility index (Phi) is 69.0. The lowest BCUT2D eigenvalue weighted by atomic mass is 9.99. The molecule has 0 aromatic heterocycles. The van der Waals surface area contributed by atoms with Gasteiger partial charge in [0.15, 0.2) is 12.2 Å². The molecule has 0 aromatic carbocycles. The standard InChI is InChI=1S/C80H156O17P2/c1-8-12-13-14-15-16-25-32-40-47-54-61-77(82)90-68-76(97-80(85)64-57-50-43-36-35-39-46-53-60-73(7)11-4)70-95-99(88,89)93-66-74(81)65-92-98(86,87)94-69-75(67-91-78(83)62-55-48-41-33-29-28-31-38-45-52-59-72(6)10-3)96-79(84)63-56-49-42-34-27-24-22-20-18-17-19-21-23-26-30-37-44-51-58-71(5)9-2/h71-76,81H,8-70H2,1-7H3,(H,86,87)(H,88,89)/t71?,72?,73?,74-,75-,76-/m1/s1. The van der Waals surface area contributed by atoms with E-state index in [1.54, 1.807) is 0 Å². The van der Waals surface area contributed by atoms with E-state index in [9.17, 15) is 43.2 Å². The van der Waals surface area contributed by atoms with Crippen molar-refractivity contribution in [1.29, 1.82) is 0 Å². The highest BCUT2D eigenvalue weighted by atomic mass is 31.2. The summed E-state index contributed by atoms with van der Waals surface area (Å²) in [4.78, 5) is 72.9. The summed E-state index contributed by atoms with van der Waals surface area (Å²) in [5.41, 5.74) is 0. The van der Waals surface area contributed by atoms with Crippen LogP contribution < -0.4 is 0 Å². The van der Waals surface area contributed by atoms with Crippen LogP contribution in [0.1, 0.15) is 414 Å². The van der Waals surface area contributed by atoms with Crippen LogP contribution in [0.5, 0.6) is 0 Å². The molecule has 0 aliphatic heterocycles. The number of carbonyl (C=O) groups excluding carboxylic acids is 4. The van der Waals surface area contributed by atoms with Crippen molar-refractivity contribution in [1.82, 2.24) is 0 Å². The van der Waals surface area contributed by atoms with Crippen molar-refractivity contribution in [2.75, 3.05) is 39.6 Å². The number of ether oxygens (including phenoxy) is 4. The van der Waals surface area contributed by atoms with E-state index in [4.69, 9.17) is 37.0 Å². The average molecular weight is 1450 g/mol. The fraction of sp³-hybridized carbons (Fsp3) is 0.950. The Morgan fingerprint density at radius 3 is 0.717 bits per heavy atom. The lowest BCUT2D eigenvalue weighted by Gasteiger charge is -2.21. The Morgan fingerprint density at radius 2 is 0.485 bits per heavy atom. The molecule has 0 fully saturated rings. The molecule has 588 valence electrons. The van der Waals surface area contributed by atoms with Gasteiger partial charge in [0, 0.05) is 25.7 Å². The van der Waals surface area contributed by atoms with E-state index in [0.29, 0.717) is 25.7 Å². The van der Waals surface area contributed by atoms with Crippen LogP contribution >= 0.6 is 15.6 Å². The first-order valence-electron chi connectivity index (χ1n) is 41.5. The number of esters is 4. The van der Waals surface area contributed by atoms with Crippen LogP contribution in [-0.4, -0.2) is 96.7 Å². The highest BCUT2D eigenvalue weighted by Crippen LogP contribution is 2.45. The minimum absolute atomic E-state index is 0.105. The summed E-state index contributed by atoms with van der Waals surface area (Å²) in [5, 5.41) is 10.6. The second-order valence-electron chi connectivity index (χ2n) is 29.5. The van der Waals surface area contributed by atoms with Crippen molar-refractivity contribution in [2.45, 2.75) is 433 Å². The van der Waals surface area contributed by atoms with E-state index in [0.717, 1.165) is 108 Å². The molecule has 0 aliphatic carbocycles. The maximum absolute atomic E-state index is 13.1. The molecule has 0 aromatic rings. The van der Waals surface area contributed by atoms with Gasteiger partial charge in [0.05, 0.1) is 26.4 Å². The van der Waals surface area contributed by atoms with Gasteiger partial charge in [-0.1, -0.05) is 363 Å². The third-order valence-corrected chi connectivity index (χ3v) is 21.6. The normalized spacial score (nSPS) is 14.8. The van der Waals surface area contributed by atoms with E-state index in [2.05, 4.69) is 48.5 Å². The van der Waals surface area contributed by atoms with Gasteiger partial charge in [0.2, 0.25) is 0 Å². The van der Waals surface area contributed by atoms with Gasteiger partial charge >= 0.3 is 39.5 Å². The van der Waals surface area contributed by atoms with E-state index in [-0.39, 0.29) is 25.7 Å². The molecule has 0 saturated heterocycles. The predicted octanol–water partition coefficient (Wildman–Crippen LogP) is 23.7. The SMILES string of the molecule is CCCCCCCCCCCCCC(=O)OC[C@H](COP(=O)(O)OC[C@H](O)COP(=O)(O)OC[C@@H](COC(=O)CCCCCCCCCCCCC(C)CC)OC(=O)CCCCCCCCCCCCCCCCCCCCC(C)CC)OC(=O)CCCCCCCCCCC(C)CC. The summed E-state index contributed by atoms with van der Waals surface area (Å²) in [6.07, 6.45) is 58.1. The summed E-state index contributed by atoms with van der Waals surface area (Å²) < 4.78 is 68.7. The van der Waals surface area contributed by atoms with Crippen molar-refractivity contribution in [2.24, 2.45) is 17.8 Å². The second-order valence-corrected chi connectivity index (χ2v) is 32.4. The molecule has 0 spiro atoms. The van der Waals surface area contributed by atoms with Crippen molar-refractivity contribution < 1.29 is 80.2 Å². The third kappa shape index (κ3) is 70.2. The number of phosphoric ester groups is 2. The molecule has 5 unspecified atom stereocenters. The van der Waals surface area contributed by atoms with Crippen LogP contribution in [0.4, 0.5) is 0 Å². The molecule has 17 nitrogen and oxygen atoms in total. The Hall–Kier alpha value is -1.94. The number of hydrogen-bond acceptors (Lipinski definition) is 15. The van der Waals surface area contributed by atoms with Crippen molar-refractivity contribution in [3.8, 4) is 0 Å². The van der Waals surface area contributed by atoms with Gasteiger partial charge in [-0.15, -0.1) is 0 Å². The van der Waals surface area contributed by atoms with Crippen LogP contribution in [0.3, 0.4) is 0 Å². The molecule has 0 heterocycles. The number of carbonyl (C=O) groups is 4. The number of aliphatic hydroxyl groups excluding tert-OH is 1. The zero-order valence-electron chi connectivity index (χ0n) is 65.0. The lowest BCUT2D eigenvalue weighted by molar-refractivity contribution is -0.161. The van der Waals surface area contributed by atoms with Crippen LogP contribution in [0.25, 0.3) is 0 Å². The molecule has 0 rings (SSSR count). The molecule has 0 bridgehead atoms. The van der Waals surface area contributed by atoms with Gasteiger partial charge in [-0.2, -0.15) is 0 Å². The second kappa shape index (κ2) is 70.4. The van der Waals surface area contributed by atoms with E-state index >= 15 is 0 Å². The molecule has 99 heavy (non-hydrogen) atoms. The minimum Gasteiger partial charge on any atom is -0.462 e. The first-order valence-corrected chi connectivity index (χ1v) is 44.5. The first-order chi connectivity index (χ1) is 47.8. The lowest BCUT2D eigenvalue weighted by Crippen LogP contribution is -2.30. The number of aliphatic hydroxyl groups is 1. The maximum atomic E-state index is 13.1. The van der Waals surface area contributed by atoms with Crippen molar-refractivity contribution >= 4 is 39.5 Å². The first kappa shape index (κ1) is 97.1. The number of hydrogen-bond donors (Lipinski definition) is 3. The molecule has 8 atom stereocenters.